The third kappa shape index (κ3) is 7.22. The maximum absolute atomic E-state index is 12.8. The van der Waals surface area contributed by atoms with Crippen LogP contribution in [-0.2, 0) is 22.6 Å². The maximum Gasteiger partial charge on any atom is 0.271 e. The summed E-state index contributed by atoms with van der Waals surface area (Å²) in [5, 5.41) is 12.5. The van der Waals surface area contributed by atoms with Gasteiger partial charge in [-0.05, 0) is 41.7 Å². The number of hydrogen-bond acceptors (Lipinski definition) is 7. The average molecular weight is 593 g/mol. The monoisotopic (exact) mass is 592 g/mol. The first-order valence-electron chi connectivity index (χ1n) is 15.5. The van der Waals surface area contributed by atoms with E-state index >= 15 is 0 Å². The highest BCUT2D eigenvalue weighted by Gasteiger charge is 2.34. The van der Waals surface area contributed by atoms with Crippen molar-refractivity contribution in [2.75, 3.05) is 13.1 Å². The molecule has 8 nitrogen and oxygen atoms in total. The number of para-hydroxylation sites is 2. The molecule has 0 unspecified atom stereocenters. The second kappa shape index (κ2) is 14.2. The van der Waals surface area contributed by atoms with Gasteiger partial charge in [0.15, 0.2) is 6.29 Å². The number of rotatable bonds is 11. The molecule has 2 N–H and O–H groups in total. The number of aromatic nitrogens is 2. The van der Waals surface area contributed by atoms with Crippen molar-refractivity contribution >= 4 is 16.9 Å². The highest BCUT2D eigenvalue weighted by atomic mass is 16.7. The van der Waals surface area contributed by atoms with Crippen LogP contribution >= 0.6 is 0 Å². The number of carbonyl (C=O) groups is 1. The Morgan fingerprint density at radius 2 is 1.66 bits per heavy atom. The quantitative estimate of drug-likeness (QED) is 0.205. The van der Waals surface area contributed by atoms with Gasteiger partial charge in [0.1, 0.15) is 5.69 Å². The van der Waals surface area contributed by atoms with Gasteiger partial charge in [-0.3, -0.25) is 14.7 Å². The predicted octanol–water partition coefficient (Wildman–Crippen LogP) is 6.03. The van der Waals surface area contributed by atoms with Crippen molar-refractivity contribution < 1.29 is 19.4 Å². The predicted molar refractivity (Wildman–Crippen MR) is 170 cm³/mol. The minimum absolute atomic E-state index is 0.0144. The second-order valence-corrected chi connectivity index (χ2v) is 11.7. The van der Waals surface area contributed by atoms with E-state index in [0.717, 1.165) is 47.3 Å². The third-order valence-electron chi connectivity index (χ3n) is 8.64. The molecule has 1 amide bonds. The van der Waals surface area contributed by atoms with Gasteiger partial charge >= 0.3 is 0 Å². The fourth-order valence-electron chi connectivity index (χ4n) is 6.23. The van der Waals surface area contributed by atoms with E-state index in [4.69, 9.17) is 9.47 Å². The van der Waals surface area contributed by atoms with Crippen molar-refractivity contribution in [2.45, 2.75) is 69.8 Å². The molecule has 8 heteroatoms. The Kier molecular flexibility index (Phi) is 9.73. The molecule has 3 atom stereocenters. The summed E-state index contributed by atoms with van der Waals surface area (Å²) in [6, 6.07) is 24.0. The fourth-order valence-corrected chi connectivity index (χ4v) is 6.23. The molecule has 44 heavy (non-hydrogen) atoms. The van der Waals surface area contributed by atoms with Crippen LogP contribution in [0.3, 0.4) is 0 Å². The summed E-state index contributed by atoms with van der Waals surface area (Å²) in [5.74, 6) is -0.268. The Balaban J connectivity index is 1.14. The van der Waals surface area contributed by atoms with Crippen molar-refractivity contribution in [3.05, 3.63) is 120 Å². The Labute approximate surface area is 258 Å². The molecule has 0 bridgehead atoms. The molecule has 1 aliphatic heterocycles. The third-order valence-corrected chi connectivity index (χ3v) is 8.64. The standard InChI is InChI=1S/C36H40N4O4/c1-2-19-40(29-7-3-4-8-29)23-30-20-34(27-15-13-26(24-41)14-16-27)44-36(43-30)28-17-11-25(12-18-28)21-38-35(42)33-22-37-31-9-5-6-10-32(31)39-33/h2,5-6,9-18,22,29-30,34,36,41H,1,3-4,7-8,19-21,23-24H2,(H,38,42)/t30-,34+,36+/m1/s1. The van der Waals surface area contributed by atoms with E-state index in [1.54, 1.807) is 0 Å². The second-order valence-electron chi connectivity index (χ2n) is 11.7. The Morgan fingerprint density at radius 3 is 2.39 bits per heavy atom. The molecule has 2 heterocycles. The van der Waals surface area contributed by atoms with Crippen LogP contribution in [-0.4, -0.2) is 51.1 Å². The van der Waals surface area contributed by atoms with E-state index in [1.807, 2.05) is 78.9 Å². The van der Waals surface area contributed by atoms with E-state index in [0.29, 0.717) is 18.1 Å². The number of nitrogens with zero attached hydrogens (tertiary/aromatic N) is 3. The lowest BCUT2D eigenvalue weighted by molar-refractivity contribution is -0.253. The van der Waals surface area contributed by atoms with Gasteiger partial charge < -0.3 is 19.9 Å². The molecule has 1 aromatic heterocycles. The lowest BCUT2D eigenvalue weighted by Gasteiger charge is -2.39. The van der Waals surface area contributed by atoms with Gasteiger partial charge in [0, 0.05) is 37.7 Å². The highest BCUT2D eigenvalue weighted by Crippen LogP contribution is 2.39. The summed E-state index contributed by atoms with van der Waals surface area (Å²) in [4.78, 5) is 24.1. The number of ether oxygens (including phenoxy) is 2. The minimum Gasteiger partial charge on any atom is -0.392 e. The van der Waals surface area contributed by atoms with Crippen molar-refractivity contribution in [1.82, 2.24) is 20.2 Å². The van der Waals surface area contributed by atoms with Crippen molar-refractivity contribution in [2.24, 2.45) is 0 Å². The topological polar surface area (TPSA) is 96.8 Å². The maximum atomic E-state index is 12.8. The lowest BCUT2D eigenvalue weighted by Crippen LogP contribution is -2.43. The SMILES string of the molecule is C=CCN(C[C@H]1C[C@@H](c2ccc(CO)cc2)O[C@@H](c2ccc(CNC(=O)c3cnc4ccccc4n3)cc2)O1)C1CCCC1. The first-order valence-corrected chi connectivity index (χ1v) is 15.5. The van der Waals surface area contributed by atoms with Gasteiger partial charge in [0.2, 0.25) is 0 Å². The number of aliphatic hydroxyl groups excluding tert-OH is 1. The highest BCUT2D eigenvalue weighted by molar-refractivity contribution is 5.93. The van der Waals surface area contributed by atoms with Crippen LogP contribution in [0.2, 0.25) is 0 Å². The van der Waals surface area contributed by atoms with Crippen molar-refractivity contribution in [3.63, 3.8) is 0 Å². The molecule has 0 spiro atoms. The zero-order valence-electron chi connectivity index (χ0n) is 25.0. The summed E-state index contributed by atoms with van der Waals surface area (Å²) in [5.41, 5.74) is 5.57. The molecule has 2 fully saturated rings. The molecule has 4 aromatic rings. The van der Waals surface area contributed by atoms with E-state index < -0.39 is 6.29 Å². The van der Waals surface area contributed by atoms with Gasteiger partial charge in [-0.15, -0.1) is 6.58 Å². The normalized spacial score (nSPS) is 20.6. The van der Waals surface area contributed by atoms with Crippen LogP contribution in [0.1, 0.15) is 77.2 Å². The molecule has 228 valence electrons. The molecule has 1 saturated carbocycles. The van der Waals surface area contributed by atoms with Crippen LogP contribution in [0.4, 0.5) is 0 Å². The van der Waals surface area contributed by atoms with E-state index in [2.05, 4.69) is 26.8 Å². The average Bonchev–Trinajstić information content (AvgIpc) is 3.62. The van der Waals surface area contributed by atoms with E-state index in [-0.39, 0.29) is 30.4 Å². The van der Waals surface area contributed by atoms with Gasteiger partial charge in [0.05, 0.1) is 36.0 Å². The first kappa shape index (κ1) is 30.1. The Morgan fingerprint density at radius 1 is 0.955 bits per heavy atom. The summed E-state index contributed by atoms with van der Waals surface area (Å²) < 4.78 is 13.2. The Hall–Kier alpha value is -3.95. The smallest absolute Gasteiger partial charge is 0.271 e. The first-order chi connectivity index (χ1) is 21.6. The van der Waals surface area contributed by atoms with Crippen LogP contribution in [0, 0.1) is 0 Å². The molecule has 1 saturated heterocycles. The summed E-state index contributed by atoms with van der Waals surface area (Å²) in [7, 11) is 0. The summed E-state index contributed by atoms with van der Waals surface area (Å²) in [6.45, 7) is 6.05. The number of fused-ring (bicyclic) bond motifs is 1. The largest absolute Gasteiger partial charge is 0.392 e. The number of hydrogen-bond donors (Lipinski definition) is 2. The van der Waals surface area contributed by atoms with Gasteiger partial charge in [-0.1, -0.05) is 79.6 Å². The van der Waals surface area contributed by atoms with Crippen LogP contribution in [0.5, 0.6) is 0 Å². The van der Waals surface area contributed by atoms with Gasteiger partial charge in [-0.2, -0.15) is 0 Å². The zero-order valence-corrected chi connectivity index (χ0v) is 25.0. The molecule has 0 radical (unpaired) electrons. The molecular weight excluding hydrogens is 552 g/mol. The van der Waals surface area contributed by atoms with E-state index in [9.17, 15) is 9.90 Å². The fraction of sp³-hybridized carbons (Fsp3) is 0.361. The lowest BCUT2D eigenvalue weighted by atomic mass is 9.99. The van der Waals surface area contributed by atoms with Crippen LogP contribution in [0.25, 0.3) is 11.0 Å². The summed E-state index contributed by atoms with van der Waals surface area (Å²) >= 11 is 0. The number of nitrogens with one attached hydrogen (secondary N) is 1. The molecule has 6 rings (SSSR count). The number of benzene rings is 3. The molecular formula is C36H40N4O4. The number of amides is 1. The van der Waals surface area contributed by atoms with Gasteiger partial charge in [0.25, 0.3) is 5.91 Å². The molecule has 3 aromatic carbocycles. The molecule has 2 aliphatic rings. The van der Waals surface area contributed by atoms with Gasteiger partial charge in [-0.25, -0.2) is 4.98 Å². The zero-order chi connectivity index (χ0) is 30.3. The Bertz CT molecular complexity index is 1550. The van der Waals surface area contributed by atoms with Crippen LogP contribution < -0.4 is 5.32 Å². The molecule has 1 aliphatic carbocycles. The van der Waals surface area contributed by atoms with Crippen molar-refractivity contribution in [1.29, 1.82) is 0 Å². The summed E-state index contributed by atoms with van der Waals surface area (Å²) in [6.07, 6.45) is 8.56. The van der Waals surface area contributed by atoms with E-state index in [1.165, 1.54) is 31.9 Å². The number of carbonyl (C=O) groups excluding carboxylic acids is 1. The van der Waals surface area contributed by atoms with Crippen molar-refractivity contribution in [3.8, 4) is 0 Å². The van der Waals surface area contributed by atoms with Crippen LogP contribution in [0.15, 0.2) is 91.6 Å². The number of aliphatic hydroxyl groups is 1. The minimum atomic E-state index is -0.526.